The number of hydrogen-bond donors (Lipinski definition) is 0. The molecule has 0 N–H and O–H groups in total. The van der Waals surface area contributed by atoms with Gasteiger partial charge in [-0.1, -0.05) is 54.3 Å². The zero-order valence-electron chi connectivity index (χ0n) is 13.6. The first-order valence-corrected chi connectivity index (χ1v) is 8.96. The first-order chi connectivity index (χ1) is 12.0. The van der Waals surface area contributed by atoms with Gasteiger partial charge in [-0.15, -0.1) is 0 Å². The van der Waals surface area contributed by atoms with Crippen molar-refractivity contribution >= 4 is 57.1 Å². The molecule has 2 aromatic carbocycles. The van der Waals surface area contributed by atoms with E-state index in [-0.39, 0.29) is 11.8 Å². The van der Waals surface area contributed by atoms with Crippen LogP contribution >= 0.6 is 24.0 Å². The predicted molar refractivity (Wildman–Crippen MR) is 106 cm³/mol. The molecule has 4 nitrogen and oxygen atoms in total. The van der Waals surface area contributed by atoms with Crippen molar-refractivity contribution in [3.8, 4) is 0 Å². The fourth-order valence-electron chi connectivity index (χ4n) is 3.10. The lowest BCUT2D eigenvalue weighted by Gasteiger charge is -2.15. The molecule has 2 aliphatic rings. The van der Waals surface area contributed by atoms with Crippen LogP contribution in [0.5, 0.6) is 0 Å². The Morgan fingerprint density at radius 3 is 2.52 bits per heavy atom. The maximum Gasteiger partial charge on any atom is 0.271 e. The van der Waals surface area contributed by atoms with Gasteiger partial charge in [-0.3, -0.25) is 14.5 Å². The minimum Gasteiger partial charge on any atom is -0.311 e. The number of thiocarbonyl (C=S) groups is 1. The van der Waals surface area contributed by atoms with E-state index in [1.165, 1.54) is 16.7 Å². The normalized spacial score (nSPS) is 19.8. The highest BCUT2D eigenvalue weighted by Gasteiger charge is 2.41. The highest BCUT2D eigenvalue weighted by Crippen LogP contribution is 2.44. The maximum atomic E-state index is 13.1. The molecule has 1 fully saturated rings. The third-order valence-corrected chi connectivity index (χ3v) is 5.68. The lowest BCUT2D eigenvalue weighted by Crippen LogP contribution is -2.28. The Kier molecular flexibility index (Phi) is 3.74. The molecular weight excluding hydrogens is 352 g/mol. The Hall–Kier alpha value is -2.44. The van der Waals surface area contributed by atoms with Gasteiger partial charge in [0.05, 0.1) is 21.9 Å². The Morgan fingerprint density at radius 1 is 1.00 bits per heavy atom. The van der Waals surface area contributed by atoms with Crippen molar-refractivity contribution in [1.29, 1.82) is 0 Å². The molecule has 0 bridgehead atoms. The molecule has 1 saturated heterocycles. The first-order valence-electron chi connectivity index (χ1n) is 7.73. The van der Waals surface area contributed by atoms with Crippen LogP contribution in [0.4, 0.5) is 11.4 Å². The summed E-state index contributed by atoms with van der Waals surface area (Å²) in [5.74, 6) is -0.417. The van der Waals surface area contributed by atoms with E-state index in [0.29, 0.717) is 14.8 Å². The molecule has 0 spiro atoms. The number of fused-ring (bicyclic) bond motifs is 1. The van der Waals surface area contributed by atoms with Crippen molar-refractivity contribution in [3.63, 3.8) is 0 Å². The molecule has 0 atom stereocenters. The summed E-state index contributed by atoms with van der Waals surface area (Å²) in [6.45, 7) is 1.96. The average molecular weight is 366 g/mol. The minimum absolute atomic E-state index is 0.175. The van der Waals surface area contributed by atoms with Gasteiger partial charge in [-0.05, 0) is 30.7 Å². The summed E-state index contributed by atoms with van der Waals surface area (Å²) < 4.78 is 0.443. The number of hydrogen-bond acceptors (Lipinski definition) is 4. The summed E-state index contributed by atoms with van der Waals surface area (Å²) >= 11 is 6.62. The van der Waals surface area contributed by atoms with Crippen molar-refractivity contribution < 1.29 is 9.59 Å². The zero-order chi connectivity index (χ0) is 17.7. The third kappa shape index (κ3) is 2.41. The molecule has 2 heterocycles. The van der Waals surface area contributed by atoms with E-state index in [1.54, 1.807) is 11.9 Å². The second-order valence-electron chi connectivity index (χ2n) is 5.93. The number of para-hydroxylation sites is 1. The van der Waals surface area contributed by atoms with Crippen LogP contribution in [0.15, 0.2) is 53.4 Å². The molecule has 0 radical (unpaired) electrons. The summed E-state index contributed by atoms with van der Waals surface area (Å²) in [6.07, 6.45) is 0. The number of likely N-dealkylation sites (N-methyl/N-ethyl adjacent to an activating group) is 1. The number of thioether (sulfide) groups is 1. The van der Waals surface area contributed by atoms with Crippen LogP contribution in [0, 0.1) is 6.92 Å². The number of carbonyl (C=O) groups is 2. The molecule has 0 aromatic heterocycles. The van der Waals surface area contributed by atoms with Crippen LogP contribution in [0.1, 0.15) is 11.1 Å². The fraction of sp³-hybridized carbons (Fsp3) is 0.105. The molecule has 0 saturated carbocycles. The average Bonchev–Trinajstić information content (AvgIpc) is 3.02. The van der Waals surface area contributed by atoms with Gasteiger partial charge in [-0.2, -0.15) is 0 Å². The monoisotopic (exact) mass is 366 g/mol. The highest BCUT2D eigenvalue weighted by atomic mass is 32.2. The standard InChI is InChI=1S/C19H14N2O2S2/c1-11-6-5-7-12(10-11)21-18(23)16(25-19(21)24)15-13-8-3-4-9-14(13)20(2)17(15)22/h3-10H,1-2H3/b16-15+. The summed E-state index contributed by atoms with van der Waals surface area (Å²) in [4.78, 5) is 29.3. The molecule has 4 rings (SSSR count). The second kappa shape index (κ2) is 5.82. The third-order valence-electron chi connectivity index (χ3n) is 4.31. The lowest BCUT2D eigenvalue weighted by atomic mass is 10.1. The number of nitrogens with zero attached hydrogens (tertiary/aromatic N) is 2. The van der Waals surface area contributed by atoms with Crippen LogP contribution < -0.4 is 9.80 Å². The molecule has 2 amide bonds. The van der Waals surface area contributed by atoms with Crippen molar-refractivity contribution in [2.24, 2.45) is 0 Å². The van der Waals surface area contributed by atoms with E-state index in [1.807, 2.05) is 55.5 Å². The van der Waals surface area contributed by atoms with Crippen LogP contribution in [-0.2, 0) is 9.59 Å². The van der Waals surface area contributed by atoms with Gasteiger partial charge in [0.1, 0.15) is 0 Å². The van der Waals surface area contributed by atoms with Crippen molar-refractivity contribution in [1.82, 2.24) is 0 Å². The molecule has 6 heteroatoms. The summed E-state index contributed by atoms with van der Waals surface area (Å²) in [5.41, 5.74) is 3.79. The highest BCUT2D eigenvalue weighted by molar-refractivity contribution is 8.27. The largest absolute Gasteiger partial charge is 0.311 e. The lowest BCUT2D eigenvalue weighted by molar-refractivity contribution is -0.115. The quantitative estimate of drug-likeness (QED) is 0.569. The van der Waals surface area contributed by atoms with E-state index in [9.17, 15) is 9.59 Å². The fourth-order valence-corrected chi connectivity index (χ4v) is 4.47. The molecule has 124 valence electrons. The van der Waals surface area contributed by atoms with Crippen molar-refractivity contribution in [2.75, 3.05) is 16.8 Å². The van der Waals surface area contributed by atoms with Gasteiger partial charge in [0.15, 0.2) is 4.32 Å². The van der Waals surface area contributed by atoms with Gasteiger partial charge in [0, 0.05) is 12.6 Å². The molecule has 2 aliphatic heterocycles. The van der Waals surface area contributed by atoms with E-state index in [0.717, 1.165) is 22.5 Å². The number of benzene rings is 2. The number of carbonyl (C=O) groups excluding carboxylic acids is 2. The number of rotatable bonds is 1. The summed E-state index contributed by atoms with van der Waals surface area (Å²) in [6, 6.07) is 15.1. The molecule has 0 unspecified atom stereocenters. The topological polar surface area (TPSA) is 40.6 Å². The van der Waals surface area contributed by atoms with Gasteiger partial charge < -0.3 is 4.90 Å². The minimum atomic E-state index is -0.242. The van der Waals surface area contributed by atoms with Gasteiger partial charge >= 0.3 is 0 Å². The van der Waals surface area contributed by atoms with E-state index < -0.39 is 0 Å². The van der Waals surface area contributed by atoms with E-state index >= 15 is 0 Å². The number of aryl methyl sites for hydroxylation is 1. The smallest absolute Gasteiger partial charge is 0.271 e. The molecule has 0 aliphatic carbocycles. The Morgan fingerprint density at radius 2 is 1.76 bits per heavy atom. The number of amides is 2. The predicted octanol–water partition coefficient (Wildman–Crippen LogP) is 3.75. The maximum absolute atomic E-state index is 13.1. The Bertz CT molecular complexity index is 981. The van der Waals surface area contributed by atoms with Crippen LogP contribution in [0.2, 0.25) is 0 Å². The Labute approximate surface area is 155 Å². The van der Waals surface area contributed by atoms with Gasteiger partial charge in [0.25, 0.3) is 11.8 Å². The molecule has 2 aromatic rings. The van der Waals surface area contributed by atoms with Crippen molar-refractivity contribution in [2.45, 2.75) is 6.92 Å². The van der Waals surface area contributed by atoms with Gasteiger partial charge in [0.2, 0.25) is 0 Å². The summed E-state index contributed by atoms with van der Waals surface area (Å²) in [5, 5.41) is 0. The Balaban J connectivity index is 1.85. The van der Waals surface area contributed by atoms with Crippen LogP contribution in [-0.4, -0.2) is 23.2 Å². The zero-order valence-corrected chi connectivity index (χ0v) is 15.3. The second-order valence-corrected chi connectivity index (χ2v) is 7.58. The molecule has 25 heavy (non-hydrogen) atoms. The van der Waals surface area contributed by atoms with Gasteiger partial charge in [-0.25, -0.2) is 0 Å². The van der Waals surface area contributed by atoms with Crippen molar-refractivity contribution in [3.05, 3.63) is 64.6 Å². The van der Waals surface area contributed by atoms with Crippen LogP contribution in [0.3, 0.4) is 0 Å². The van der Waals surface area contributed by atoms with E-state index in [4.69, 9.17) is 12.2 Å². The molecular formula is C19H14N2O2S2. The first kappa shape index (κ1) is 16.1. The number of anilines is 2. The van der Waals surface area contributed by atoms with Crippen LogP contribution in [0.25, 0.3) is 5.57 Å². The summed E-state index contributed by atoms with van der Waals surface area (Å²) in [7, 11) is 1.72. The SMILES string of the molecule is Cc1cccc(N2C(=O)/C(=C3\C(=O)N(C)c4ccccc43)SC2=S)c1. The van der Waals surface area contributed by atoms with E-state index in [2.05, 4.69) is 0 Å².